The van der Waals surface area contributed by atoms with Crippen molar-refractivity contribution in [2.24, 2.45) is 0 Å². The van der Waals surface area contributed by atoms with Gasteiger partial charge < -0.3 is 10.5 Å². The van der Waals surface area contributed by atoms with Crippen molar-refractivity contribution in [1.29, 1.82) is 0 Å². The van der Waals surface area contributed by atoms with E-state index in [4.69, 9.17) is 10.5 Å². The first-order chi connectivity index (χ1) is 9.11. The molecule has 0 amide bonds. The van der Waals surface area contributed by atoms with E-state index in [1.54, 1.807) is 7.11 Å². The molecule has 2 aromatic rings. The second kappa shape index (κ2) is 5.76. The van der Waals surface area contributed by atoms with Crippen molar-refractivity contribution < 1.29 is 4.74 Å². The highest BCUT2D eigenvalue weighted by Crippen LogP contribution is 2.29. The molecule has 3 nitrogen and oxygen atoms in total. The minimum atomic E-state index is 0.190. The number of methoxy groups -OCH3 is 1. The second-order valence-electron chi connectivity index (χ2n) is 4.81. The fraction of sp³-hybridized carbons (Fsp3) is 0.250. The summed E-state index contributed by atoms with van der Waals surface area (Å²) >= 11 is 0. The summed E-state index contributed by atoms with van der Waals surface area (Å²) in [7, 11) is 5.83. The van der Waals surface area contributed by atoms with Gasteiger partial charge in [-0.05, 0) is 49.5 Å². The molecule has 0 saturated carbocycles. The Bertz CT molecular complexity index is 535. The highest BCUT2D eigenvalue weighted by Gasteiger charge is 2.16. The van der Waals surface area contributed by atoms with Crippen molar-refractivity contribution in [3.63, 3.8) is 0 Å². The quantitative estimate of drug-likeness (QED) is 0.855. The van der Waals surface area contributed by atoms with E-state index in [2.05, 4.69) is 43.3 Å². The molecule has 0 saturated heterocycles. The number of nitrogen functional groups attached to an aromatic ring is 1. The van der Waals surface area contributed by atoms with Crippen LogP contribution in [0.1, 0.15) is 17.2 Å². The molecule has 0 aliphatic carbocycles. The molecule has 0 spiro atoms. The first kappa shape index (κ1) is 13.4. The van der Waals surface area contributed by atoms with E-state index in [-0.39, 0.29) is 6.04 Å². The topological polar surface area (TPSA) is 38.5 Å². The molecule has 2 N–H and O–H groups in total. The van der Waals surface area contributed by atoms with Crippen molar-refractivity contribution in [2.75, 3.05) is 26.9 Å². The molecule has 0 aromatic heterocycles. The predicted molar refractivity (Wildman–Crippen MR) is 79.4 cm³/mol. The van der Waals surface area contributed by atoms with Gasteiger partial charge in [0.2, 0.25) is 0 Å². The zero-order valence-corrected chi connectivity index (χ0v) is 11.6. The Balaban J connectivity index is 2.42. The summed E-state index contributed by atoms with van der Waals surface area (Å²) in [6.45, 7) is 0. The Morgan fingerprint density at radius 1 is 1.00 bits per heavy atom. The molecular formula is C16H20N2O. The molecule has 2 rings (SSSR count). The number of benzene rings is 2. The van der Waals surface area contributed by atoms with E-state index in [0.29, 0.717) is 0 Å². The lowest BCUT2D eigenvalue weighted by Gasteiger charge is -2.25. The molecule has 0 fully saturated rings. The summed E-state index contributed by atoms with van der Waals surface area (Å²) in [6.07, 6.45) is 0. The normalized spacial score (nSPS) is 12.4. The lowest BCUT2D eigenvalue weighted by Crippen LogP contribution is -2.21. The van der Waals surface area contributed by atoms with Gasteiger partial charge in [-0.25, -0.2) is 0 Å². The van der Waals surface area contributed by atoms with Crippen LogP contribution in [0, 0.1) is 0 Å². The Labute approximate surface area is 114 Å². The molecule has 1 atom stereocenters. The van der Waals surface area contributed by atoms with E-state index < -0.39 is 0 Å². The Morgan fingerprint density at radius 3 is 2.26 bits per heavy atom. The van der Waals surface area contributed by atoms with E-state index in [1.807, 2.05) is 24.3 Å². The van der Waals surface area contributed by atoms with Crippen LogP contribution in [0.25, 0.3) is 0 Å². The maximum Gasteiger partial charge on any atom is 0.119 e. The molecular weight excluding hydrogens is 236 g/mol. The van der Waals surface area contributed by atoms with Crippen LogP contribution in [-0.4, -0.2) is 26.1 Å². The van der Waals surface area contributed by atoms with Gasteiger partial charge in [0.05, 0.1) is 13.2 Å². The third kappa shape index (κ3) is 3.06. The van der Waals surface area contributed by atoms with Crippen LogP contribution in [0.3, 0.4) is 0 Å². The molecule has 0 bridgehead atoms. The summed E-state index contributed by atoms with van der Waals surface area (Å²) in [4.78, 5) is 2.18. The maximum absolute atomic E-state index is 5.75. The molecule has 0 radical (unpaired) electrons. The summed E-state index contributed by atoms with van der Waals surface area (Å²) in [5.41, 5.74) is 8.96. The van der Waals surface area contributed by atoms with Crippen LogP contribution in [-0.2, 0) is 0 Å². The third-order valence-electron chi connectivity index (χ3n) is 3.18. The van der Waals surface area contributed by atoms with Gasteiger partial charge in [-0.1, -0.05) is 24.3 Å². The molecule has 2 aromatic carbocycles. The van der Waals surface area contributed by atoms with Crippen molar-refractivity contribution in [3.8, 4) is 5.75 Å². The van der Waals surface area contributed by atoms with Gasteiger partial charge in [0.15, 0.2) is 0 Å². The van der Waals surface area contributed by atoms with E-state index in [9.17, 15) is 0 Å². The Morgan fingerprint density at radius 2 is 1.68 bits per heavy atom. The summed E-state index contributed by atoms with van der Waals surface area (Å²) in [5.74, 6) is 0.875. The number of hydrogen-bond donors (Lipinski definition) is 1. The number of rotatable bonds is 4. The van der Waals surface area contributed by atoms with Gasteiger partial charge >= 0.3 is 0 Å². The average Bonchev–Trinajstić information content (AvgIpc) is 2.41. The maximum atomic E-state index is 5.75. The smallest absolute Gasteiger partial charge is 0.119 e. The van der Waals surface area contributed by atoms with Crippen LogP contribution in [0.5, 0.6) is 5.75 Å². The van der Waals surface area contributed by atoms with Gasteiger partial charge in [-0.3, -0.25) is 4.90 Å². The molecule has 100 valence electrons. The number of anilines is 1. The minimum absolute atomic E-state index is 0.190. The van der Waals surface area contributed by atoms with Crippen molar-refractivity contribution in [1.82, 2.24) is 4.90 Å². The van der Waals surface area contributed by atoms with Gasteiger partial charge in [-0.2, -0.15) is 0 Å². The molecule has 19 heavy (non-hydrogen) atoms. The summed E-state index contributed by atoms with van der Waals surface area (Å²) in [5, 5.41) is 0. The second-order valence-corrected chi connectivity index (χ2v) is 4.81. The molecule has 0 heterocycles. The first-order valence-electron chi connectivity index (χ1n) is 6.27. The van der Waals surface area contributed by atoms with Gasteiger partial charge in [-0.15, -0.1) is 0 Å². The van der Waals surface area contributed by atoms with Gasteiger partial charge in [0, 0.05) is 5.69 Å². The van der Waals surface area contributed by atoms with Crippen LogP contribution >= 0.6 is 0 Å². The molecule has 1 unspecified atom stereocenters. The SMILES string of the molecule is COc1cccc(C(c2ccc(N)cc2)N(C)C)c1. The Hall–Kier alpha value is -2.00. The molecule has 0 aliphatic rings. The van der Waals surface area contributed by atoms with Crippen molar-refractivity contribution in [3.05, 3.63) is 59.7 Å². The summed E-state index contributed by atoms with van der Waals surface area (Å²) in [6, 6.07) is 16.4. The molecule has 0 aliphatic heterocycles. The zero-order valence-electron chi connectivity index (χ0n) is 11.6. The standard InChI is InChI=1S/C16H20N2O/c1-18(2)16(12-7-9-14(17)10-8-12)13-5-4-6-15(11-13)19-3/h4-11,16H,17H2,1-3H3. The van der Waals surface area contributed by atoms with Crippen LogP contribution < -0.4 is 10.5 Å². The minimum Gasteiger partial charge on any atom is -0.497 e. The number of nitrogens with two attached hydrogens (primary N) is 1. The average molecular weight is 256 g/mol. The van der Waals surface area contributed by atoms with Crippen LogP contribution in [0.2, 0.25) is 0 Å². The van der Waals surface area contributed by atoms with Crippen molar-refractivity contribution >= 4 is 5.69 Å². The lowest BCUT2D eigenvalue weighted by atomic mass is 9.97. The summed E-state index contributed by atoms with van der Waals surface area (Å²) < 4.78 is 5.30. The van der Waals surface area contributed by atoms with Crippen molar-refractivity contribution in [2.45, 2.75) is 6.04 Å². The Kier molecular flexibility index (Phi) is 4.07. The van der Waals surface area contributed by atoms with Crippen LogP contribution in [0.15, 0.2) is 48.5 Å². The van der Waals surface area contributed by atoms with Gasteiger partial charge in [0.1, 0.15) is 5.75 Å². The number of ether oxygens (including phenoxy) is 1. The first-order valence-corrected chi connectivity index (χ1v) is 6.27. The monoisotopic (exact) mass is 256 g/mol. The van der Waals surface area contributed by atoms with E-state index in [0.717, 1.165) is 11.4 Å². The zero-order chi connectivity index (χ0) is 13.8. The highest BCUT2D eigenvalue weighted by molar-refractivity contribution is 5.43. The highest BCUT2D eigenvalue weighted by atomic mass is 16.5. The predicted octanol–water partition coefficient (Wildman–Crippen LogP) is 2.93. The van der Waals surface area contributed by atoms with Crippen LogP contribution in [0.4, 0.5) is 5.69 Å². The number of nitrogens with zero attached hydrogens (tertiary/aromatic N) is 1. The third-order valence-corrected chi connectivity index (χ3v) is 3.18. The van der Waals surface area contributed by atoms with E-state index >= 15 is 0 Å². The number of hydrogen-bond acceptors (Lipinski definition) is 3. The van der Waals surface area contributed by atoms with Gasteiger partial charge in [0.25, 0.3) is 0 Å². The fourth-order valence-electron chi connectivity index (χ4n) is 2.28. The van der Waals surface area contributed by atoms with E-state index in [1.165, 1.54) is 11.1 Å². The lowest BCUT2D eigenvalue weighted by molar-refractivity contribution is 0.340. The largest absolute Gasteiger partial charge is 0.497 e. The molecule has 3 heteroatoms. The fourth-order valence-corrected chi connectivity index (χ4v) is 2.28.